The van der Waals surface area contributed by atoms with E-state index in [0.29, 0.717) is 0 Å². The molecule has 4 rings (SSSR count). The molecule has 4 nitrogen and oxygen atoms in total. The molecule has 1 heterocycles. The molecule has 0 saturated carbocycles. The molecule has 0 unspecified atom stereocenters. The van der Waals surface area contributed by atoms with E-state index in [2.05, 4.69) is 106 Å². The highest BCUT2D eigenvalue weighted by Crippen LogP contribution is 2.37. The molecule has 0 spiro atoms. The third kappa shape index (κ3) is 10.3. The van der Waals surface area contributed by atoms with Crippen molar-refractivity contribution in [1.29, 1.82) is 0 Å². The smallest absolute Gasteiger partial charge is 0.125 e. The zero-order valence-corrected chi connectivity index (χ0v) is 31.1. The van der Waals surface area contributed by atoms with E-state index in [0.717, 1.165) is 36.6 Å². The Bertz CT molecular complexity index is 1350. The molecule has 1 fully saturated rings. The summed E-state index contributed by atoms with van der Waals surface area (Å²) in [5.74, 6) is 1.90. The molecule has 0 amide bonds. The lowest BCUT2D eigenvalue weighted by atomic mass is 9.87. The fourth-order valence-electron chi connectivity index (χ4n) is 7.79. The van der Waals surface area contributed by atoms with Gasteiger partial charge in [0.15, 0.2) is 0 Å². The van der Waals surface area contributed by atoms with Crippen molar-refractivity contribution < 1.29 is 4.74 Å². The van der Waals surface area contributed by atoms with Gasteiger partial charge in [0.2, 0.25) is 0 Å². The van der Waals surface area contributed by atoms with Crippen LogP contribution in [-0.2, 0) is 6.42 Å². The number of rotatable bonds is 17. The van der Waals surface area contributed by atoms with Crippen molar-refractivity contribution >= 4 is 16.8 Å². The Morgan fingerprint density at radius 1 is 0.957 bits per heavy atom. The lowest BCUT2D eigenvalue weighted by molar-refractivity contribution is 0.177. The van der Waals surface area contributed by atoms with Gasteiger partial charge in [-0.2, -0.15) is 0 Å². The van der Waals surface area contributed by atoms with Gasteiger partial charge in [0, 0.05) is 25.8 Å². The van der Waals surface area contributed by atoms with Gasteiger partial charge in [-0.25, -0.2) is 0 Å². The first kappa shape index (κ1) is 37.0. The maximum Gasteiger partial charge on any atom is 0.125 e. The first-order valence-electron chi connectivity index (χ1n) is 18.7. The summed E-state index contributed by atoms with van der Waals surface area (Å²) in [7, 11) is 6.32. The highest BCUT2D eigenvalue weighted by atomic mass is 16.5. The van der Waals surface area contributed by atoms with Crippen molar-refractivity contribution in [2.24, 2.45) is 5.92 Å². The molecular weight excluding hydrogens is 574 g/mol. The fourth-order valence-corrected chi connectivity index (χ4v) is 7.79. The van der Waals surface area contributed by atoms with Crippen LogP contribution < -0.4 is 9.64 Å². The molecule has 258 valence electrons. The van der Waals surface area contributed by atoms with Crippen molar-refractivity contribution in [3.63, 3.8) is 0 Å². The Labute approximate surface area is 288 Å². The lowest BCUT2D eigenvalue weighted by Gasteiger charge is -2.33. The van der Waals surface area contributed by atoms with E-state index in [-0.39, 0.29) is 0 Å². The molecule has 0 radical (unpaired) electrons. The van der Waals surface area contributed by atoms with Crippen molar-refractivity contribution in [3.05, 3.63) is 82.5 Å². The van der Waals surface area contributed by atoms with Crippen LogP contribution in [0, 0.1) is 12.8 Å². The average molecular weight is 640 g/mol. The van der Waals surface area contributed by atoms with Crippen LogP contribution in [0.25, 0.3) is 11.1 Å². The molecule has 2 aliphatic rings. The lowest BCUT2D eigenvalue weighted by Crippen LogP contribution is -2.36. The number of ether oxygens (including phenoxy) is 1. The van der Waals surface area contributed by atoms with Crippen molar-refractivity contribution in [2.45, 2.75) is 98.3 Å². The van der Waals surface area contributed by atoms with E-state index in [1.54, 1.807) is 12.7 Å². The Morgan fingerprint density at radius 3 is 2.32 bits per heavy atom. The van der Waals surface area contributed by atoms with E-state index in [1.165, 1.54) is 130 Å². The Morgan fingerprint density at radius 2 is 1.68 bits per heavy atom. The van der Waals surface area contributed by atoms with E-state index in [1.807, 2.05) is 0 Å². The second-order valence-corrected chi connectivity index (χ2v) is 14.3. The topological polar surface area (TPSA) is 19.0 Å². The summed E-state index contributed by atoms with van der Waals surface area (Å²) in [4.78, 5) is 7.69. The van der Waals surface area contributed by atoms with Gasteiger partial charge >= 0.3 is 0 Å². The van der Waals surface area contributed by atoms with E-state index >= 15 is 0 Å². The number of likely N-dealkylation sites (tertiary alicyclic amines) is 1. The van der Waals surface area contributed by atoms with Crippen LogP contribution in [-0.4, -0.2) is 70.3 Å². The first-order valence-corrected chi connectivity index (χ1v) is 18.7. The highest BCUT2D eigenvalue weighted by Gasteiger charge is 2.21. The standard InChI is InChI=1S/C43H65N3O/c1-9-38-20-23-42(35(5)43(38)47-8)34(4)41(10-2)33(3)39-18-21-40(22-19-39)45(7)28-15-14-27-44(6)29-24-36-25-30-46(31-26-36)32-37-16-12-11-13-17-37/h16,18-23,36H,4,9-15,17,24-32H2,1-3,5-8H3/b41-33+. The maximum atomic E-state index is 5.79. The van der Waals surface area contributed by atoms with Crippen LogP contribution in [0.15, 0.2) is 60.2 Å². The first-order chi connectivity index (χ1) is 22.7. The van der Waals surface area contributed by atoms with Gasteiger partial charge in [0.1, 0.15) is 5.75 Å². The number of anilines is 1. The molecule has 2 aromatic carbocycles. The summed E-state index contributed by atoms with van der Waals surface area (Å²) in [5.41, 5.74) is 11.6. The van der Waals surface area contributed by atoms with Gasteiger partial charge in [-0.1, -0.05) is 56.3 Å². The summed E-state index contributed by atoms with van der Waals surface area (Å²) in [5, 5.41) is 0. The number of aryl methyl sites for hydroxylation is 1. The maximum absolute atomic E-state index is 5.79. The Kier molecular flexibility index (Phi) is 14.7. The summed E-state index contributed by atoms with van der Waals surface area (Å²) >= 11 is 0. The summed E-state index contributed by atoms with van der Waals surface area (Å²) in [6, 6.07) is 13.5. The predicted molar refractivity (Wildman–Crippen MR) is 206 cm³/mol. The molecule has 1 aliphatic carbocycles. The van der Waals surface area contributed by atoms with Crippen LogP contribution >= 0.6 is 0 Å². The number of piperidine rings is 1. The number of hydrogen-bond acceptors (Lipinski definition) is 4. The average Bonchev–Trinajstić information content (AvgIpc) is 3.10. The van der Waals surface area contributed by atoms with Gasteiger partial charge < -0.3 is 14.5 Å². The number of methoxy groups -OCH3 is 1. The van der Waals surface area contributed by atoms with Crippen LogP contribution in [0.5, 0.6) is 5.75 Å². The zero-order valence-electron chi connectivity index (χ0n) is 31.1. The highest BCUT2D eigenvalue weighted by molar-refractivity contribution is 5.89. The molecular formula is C43H65N3O. The van der Waals surface area contributed by atoms with Crippen LogP contribution in [0.3, 0.4) is 0 Å². The van der Waals surface area contributed by atoms with Gasteiger partial charge in [0.05, 0.1) is 7.11 Å². The summed E-state index contributed by atoms with van der Waals surface area (Å²) in [6.07, 6.45) is 16.5. The normalized spacial score (nSPS) is 16.6. The Balaban J connectivity index is 1.19. The molecule has 2 aromatic rings. The number of benzene rings is 2. The predicted octanol–water partition coefficient (Wildman–Crippen LogP) is 10.2. The third-order valence-corrected chi connectivity index (χ3v) is 11.0. The van der Waals surface area contributed by atoms with Gasteiger partial charge in [-0.05, 0) is 175 Å². The van der Waals surface area contributed by atoms with E-state index in [9.17, 15) is 0 Å². The number of nitrogens with zero attached hydrogens (tertiary/aromatic N) is 3. The van der Waals surface area contributed by atoms with Gasteiger partial charge in [-0.3, -0.25) is 4.90 Å². The summed E-state index contributed by atoms with van der Waals surface area (Å²) < 4.78 is 5.79. The second-order valence-electron chi connectivity index (χ2n) is 14.3. The molecule has 0 aromatic heterocycles. The van der Waals surface area contributed by atoms with Crippen molar-refractivity contribution in [3.8, 4) is 5.75 Å². The summed E-state index contributed by atoms with van der Waals surface area (Å²) in [6.45, 7) is 20.7. The van der Waals surface area contributed by atoms with Gasteiger partial charge in [-0.15, -0.1) is 0 Å². The zero-order chi connectivity index (χ0) is 33.8. The third-order valence-electron chi connectivity index (χ3n) is 11.0. The molecule has 4 heteroatoms. The largest absolute Gasteiger partial charge is 0.496 e. The SMILES string of the molecule is C=C(/C(CC)=C(\C)c1ccc(N(C)CCCCN(C)CCC2CCN(CC3=CCCCC3)CC2)cc1)c1ccc(CC)c(OC)c1C. The Hall–Kier alpha value is -2.82. The van der Waals surface area contributed by atoms with Crippen LogP contribution in [0.4, 0.5) is 5.69 Å². The minimum atomic E-state index is 0.910. The van der Waals surface area contributed by atoms with Crippen molar-refractivity contribution in [2.75, 3.05) is 65.4 Å². The van der Waals surface area contributed by atoms with Crippen LogP contribution in [0.1, 0.15) is 107 Å². The minimum absolute atomic E-state index is 0.910. The number of unbranched alkanes of at least 4 members (excludes halogenated alkanes) is 1. The van der Waals surface area contributed by atoms with E-state index < -0.39 is 0 Å². The van der Waals surface area contributed by atoms with Gasteiger partial charge in [0.25, 0.3) is 0 Å². The van der Waals surface area contributed by atoms with E-state index in [4.69, 9.17) is 4.74 Å². The van der Waals surface area contributed by atoms with Crippen LogP contribution in [0.2, 0.25) is 0 Å². The molecule has 1 saturated heterocycles. The minimum Gasteiger partial charge on any atom is -0.496 e. The molecule has 0 N–H and O–H groups in total. The second kappa shape index (κ2) is 18.7. The number of allylic oxidation sites excluding steroid dienone is 4. The number of hydrogen-bond donors (Lipinski definition) is 0. The fraction of sp³-hybridized carbons (Fsp3) is 0.581. The molecule has 0 bridgehead atoms. The monoisotopic (exact) mass is 640 g/mol. The molecule has 47 heavy (non-hydrogen) atoms. The molecule has 0 atom stereocenters. The van der Waals surface area contributed by atoms with Crippen molar-refractivity contribution in [1.82, 2.24) is 9.80 Å². The quantitative estimate of drug-likeness (QED) is 0.0974. The molecule has 1 aliphatic heterocycles.